The molecule has 0 aliphatic carbocycles. The molecule has 0 aromatic carbocycles. The van der Waals surface area contributed by atoms with Crippen molar-refractivity contribution < 1.29 is 65.8 Å². The number of hydrogen-bond acceptors (Lipinski definition) is 12. The van der Waals surface area contributed by atoms with Crippen molar-refractivity contribution in [1.82, 2.24) is 9.55 Å². The minimum atomic E-state index is -5.87. The molecule has 0 saturated carbocycles. The molecule has 24 heteroatoms. The minimum Gasteiger partial charge on any atom is -0.387 e. The van der Waals surface area contributed by atoms with Crippen molar-refractivity contribution in [2.75, 3.05) is 6.61 Å². The van der Waals surface area contributed by atoms with E-state index in [1.807, 2.05) is 0 Å². The van der Waals surface area contributed by atoms with E-state index in [-0.39, 0.29) is 4.77 Å². The first-order chi connectivity index (χ1) is 14.9. The highest BCUT2D eigenvalue weighted by Gasteiger charge is 2.56. The highest BCUT2D eigenvalue weighted by atomic mass is 32.1. The van der Waals surface area contributed by atoms with E-state index in [1.165, 1.54) is 0 Å². The monoisotopic (exact) mass is 575 g/mol. The lowest BCUT2D eigenvalue weighted by atomic mass is 10.1. The van der Waals surface area contributed by atoms with Gasteiger partial charge in [0.1, 0.15) is 16.8 Å². The molecule has 0 spiro atoms. The van der Waals surface area contributed by atoms with E-state index in [9.17, 15) is 33.2 Å². The largest absolute Gasteiger partial charge is 0.490 e. The number of aliphatic hydroxyl groups excluding tert-OH is 2. The van der Waals surface area contributed by atoms with Crippen molar-refractivity contribution in [3.05, 3.63) is 31.9 Å². The van der Waals surface area contributed by atoms with Gasteiger partial charge in [-0.2, -0.15) is 8.62 Å². The van der Waals surface area contributed by atoms with Crippen LogP contribution in [0.5, 0.6) is 0 Å². The van der Waals surface area contributed by atoms with Crippen molar-refractivity contribution in [3.8, 4) is 0 Å². The quantitative estimate of drug-likeness (QED) is 0.0711. The summed E-state index contributed by atoms with van der Waals surface area (Å²) in [6, 6.07) is 0. The van der Waals surface area contributed by atoms with Gasteiger partial charge in [0.05, 0.1) is 6.61 Å². The molecule has 2 rings (SSSR count). The van der Waals surface area contributed by atoms with Gasteiger partial charge in [-0.05, 0) is 17.7 Å². The number of aromatic amines is 1. The summed E-state index contributed by atoms with van der Waals surface area (Å²) in [6.07, 6.45) is -5.34. The number of nitrogens with zero attached hydrogens (tertiary/aromatic N) is 4. The summed E-state index contributed by atoms with van der Waals surface area (Å²) in [7, 11) is -17.2. The molecule has 186 valence electrons. The first-order valence-electron chi connectivity index (χ1n) is 7.81. The van der Waals surface area contributed by atoms with Crippen LogP contribution in [0, 0.1) is 15.2 Å². The van der Waals surface area contributed by atoms with Crippen LogP contribution in [-0.4, -0.2) is 63.9 Å². The lowest BCUT2D eigenvalue weighted by Gasteiger charge is -2.27. The molecule has 2 heterocycles. The van der Waals surface area contributed by atoms with E-state index in [1.54, 1.807) is 0 Å². The molecule has 3 unspecified atom stereocenters. The third-order valence-corrected chi connectivity index (χ3v) is 8.06. The van der Waals surface area contributed by atoms with Gasteiger partial charge in [0.2, 0.25) is 5.72 Å². The summed E-state index contributed by atoms with van der Waals surface area (Å²) in [5, 5.41) is 23.7. The lowest BCUT2D eigenvalue weighted by Crippen LogP contribution is -2.44. The Morgan fingerprint density at radius 2 is 1.85 bits per heavy atom. The number of aliphatic hydroxyl groups is 2. The zero-order valence-corrected chi connectivity index (χ0v) is 19.7. The standard InChI is InChI=1S/C9H13FN5O13P3S2/c10-3-1-15(8(33)12-6(3)32)7-4(16)5(17)9(26-7,13-14-11)2-25-30(21,22)28-31(23,24)27-29(18,19)20/h1,4-5,7,16-17H,2H2,(H,21,22)(H,23,24)(H,12,32,33)(H2,18,19,20)/t4?,5-,7-,9-/m1/s1. The summed E-state index contributed by atoms with van der Waals surface area (Å²) in [5.74, 6) is -1.03. The fourth-order valence-electron chi connectivity index (χ4n) is 2.43. The van der Waals surface area contributed by atoms with Gasteiger partial charge in [-0.15, -0.1) is 0 Å². The second kappa shape index (κ2) is 9.96. The van der Waals surface area contributed by atoms with E-state index >= 15 is 0 Å². The molecule has 0 bridgehead atoms. The van der Waals surface area contributed by atoms with Crippen LogP contribution in [0.2, 0.25) is 0 Å². The third kappa shape index (κ3) is 7.03. The normalized spacial score (nSPS) is 29.1. The highest BCUT2D eigenvalue weighted by Crippen LogP contribution is 2.66. The predicted molar refractivity (Wildman–Crippen MR) is 104 cm³/mol. The van der Waals surface area contributed by atoms with E-state index in [0.717, 1.165) is 4.57 Å². The Bertz CT molecular complexity index is 1230. The lowest BCUT2D eigenvalue weighted by molar-refractivity contribution is -0.122. The average Bonchev–Trinajstić information content (AvgIpc) is 2.86. The first-order valence-corrected chi connectivity index (χ1v) is 13.2. The Kier molecular flexibility index (Phi) is 8.54. The van der Waals surface area contributed by atoms with Crippen molar-refractivity contribution in [3.63, 3.8) is 0 Å². The smallest absolute Gasteiger partial charge is 0.387 e. The molecule has 1 aliphatic rings. The van der Waals surface area contributed by atoms with Gasteiger partial charge in [0, 0.05) is 11.1 Å². The van der Waals surface area contributed by atoms with Gasteiger partial charge in [0.25, 0.3) is 0 Å². The Balaban J connectivity index is 2.32. The Hall–Kier alpha value is -0.950. The average molecular weight is 575 g/mol. The summed E-state index contributed by atoms with van der Waals surface area (Å²) < 4.78 is 64.4. The van der Waals surface area contributed by atoms with Crippen molar-refractivity contribution in [2.24, 2.45) is 5.11 Å². The summed E-state index contributed by atoms with van der Waals surface area (Å²) in [6.45, 7) is -1.45. The number of rotatable bonds is 9. The number of nitrogens with one attached hydrogen (secondary N) is 1. The van der Waals surface area contributed by atoms with E-state index in [4.69, 9.17) is 37.2 Å². The first kappa shape index (κ1) is 28.3. The van der Waals surface area contributed by atoms with Gasteiger partial charge < -0.3 is 39.5 Å². The van der Waals surface area contributed by atoms with E-state index in [2.05, 4.69) is 40.4 Å². The van der Waals surface area contributed by atoms with Crippen LogP contribution in [0.3, 0.4) is 0 Å². The zero-order valence-electron chi connectivity index (χ0n) is 15.4. The number of ether oxygens (including phenoxy) is 1. The molecule has 0 amide bonds. The molecule has 1 aromatic rings. The van der Waals surface area contributed by atoms with Crippen LogP contribution in [0.1, 0.15) is 6.23 Å². The third-order valence-electron chi connectivity index (χ3n) is 3.67. The molecule has 6 atom stereocenters. The molecule has 7 N–H and O–H groups in total. The Morgan fingerprint density at radius 1 is 1.24 bits per heavy atom. The summed E-state index contributed by atoms with van der Waals surface area (Å²) >= 11 is 9.57. The van der Waals surface area contributed by atoms with Gasteiger partial charge in [-0.25, -0.2) is 18.1 Å². The maximum absolute atomic E-state index is 13.8. The van der Waals surface area contributed by atoms with Crippen molar-refractivity contribution in [1.29, 1.82) is 0 Å². The fourth-order valence-corrected chi connectivity index (χ4v) is 5.94. The number of aromatic nitrogens is 2. The number of halogens is 1. The molecule has 33 heavy (non-hydrogen) atoms. The molecule has 1 fully saturated rings. The van der Waals surface area contributed by atoms with Crippen molar-refractivity contribution >= 4 is 47.9 Å². The van der Waals surface area contributed by atoms with Crippen LogP contribution in [0.15, 0.2) is 11.3 Å². The SMILES string of the molecule is [N-]=[N+]=N[C@]1(COP(=O)(O)OP(=O)(O)OP(=O)(O)O)O[C@@H](n2cc(F)c(=S)[nH]c2=S)C(O)[C@H]1O. The van der Waals surface area contributed by atoms with Crippen LogP contribution in [0.4, 0.5) is 4.39 Å². The molecular formula is C9H13FN5O13P3S2. The zero-order chi connectivity index (χ0) is 25.4. The second-order valence-electron chi connectivity index (χ2n) is 5.99. The number of phosphoric ester groups is 1. The van der Waals surface area contributed by atoms with Gasteiger partial charge in [-0.3, -0.25) is 9.09 Å². The molecule has 0 radical (unpaired) electrons. The molecular weight excluding hydrogens is 562 g/mol. The molecule has 1 aliphatic heterocycles. The summed E-state index contributed by atoms with van der Waals surface area (Å²) in [5.41, 5.74) is 6.08. The number of hydrogen-bond donors (Lipinski definition) is 7. The Morgan fingerprint density at radius 3 is 2.39 bits per heavy atom. The predicted octanol–water partition coefficient (Wildman–Crippen LogP) is 1.01. The maximum atomic E-state index is 13.8. The van der Waals surface area contributed by atoms with Crippen LogP contribution in [0.25, 0.3) is 10.4 Å². The highest BCUT2D eigenvalue weighted by molar-refractivity contribution is 7.72. The van der Waals surface area contributed by atoms with E-state index < -0.39 is 64.7 Å². The van der Waals surface area contributed by atoms with E-state index in [0.29, 0.717) is 6.20 Å². The fraction of sp³-hybridized carbons (Fsp3) is 0.556. The number of azide groups is 1. The van der Waals surface area contributed by atoms with Crippen LogP contribution < -0.4 is 0 Å². The van der Waals surface area contributed by atoms with Crippen molar-refractivity contribution in [2.45, 2.75) is 24.2 Å². The van der Waals surface area contributed by atoms with Gasteiger partial charge in [0.15, 0.2) is 16.8 Å². The second-order valence-corrected chi connectivity index (χ2v) is 11.2. The molecule has 1 saturated heterocycles. The maximum Gasteiger partial charge on any atom is 0.490 e. The van der Waals surface area contributed by atoms with Crippen LogP contribution >= 0.6 is 47.9 Å². The minimum absolute atomic E-state index is 0.317. The van der Waals surface area contributed by atoms with Gasteiger partial charge >= 0.3 is 23.5 Å². The van der Waals surface area contributed by atoms with Crippen LogP contribution in [-0.2, 0) is 31.6 Å². The summed E-state index contributed by atoms with van der Waals surface area (Å²) in [4.78, 5) is 40.3. The van der Waals surface area contributed by atoms with Gasteiger partial charge in [-0.1, -0.05) is 17.3 Å². The Labute approximate surface area is 191 Å². The molecule has 1 aromatic heterocycles. The topological polar surface area (TPSA) is 279 Å². The number of H-pyrrole nitrogens is 1. The molecule has 18 nitrogen and oxygen atoms in total. The number of phosphoric acid groups is 3.